The summed E-state index contributed by atoms with van der Waals surface area (Å²) in [6, 6.07) is 2.31. The van der Waals surface area contributed by atoms with Crippen LogP contribution >= 0.6 is 0 Å². The van der Waals surface area contributed by atoms with Gasteiger partial charge in [-0.25, -0.2) is 0 Å². The second-order valence-corrected chi connectivity index (χ2v) is 11.4. The SMILES string of the molecule is CC(C)(C)c1cc(C(C)(C)C)c(C(C)(C)C)[n-]1.CC(C)O.CC(C)O.CC(C)O.[Ti]. The third kappa shape index (κ3) is 22.6. The maximum Gasteiger partial charge on any atom is 0.0483 e. The molecule has 4 nitrogen and oxygen atoms in total. The van der Waals surface area contributed by atoms with Crippen molar-refractivity contribution < 1.29 is 37.0 Å². The van der Waals surface area contributed by atoms with Crippen LogP contribution in [0.3, 0.4) is 0 Å². The standard InChI is InChI=1S/C16H28N.3C3H8O.Ti/c1-14(2,3)11-10-12(15(4,5)6)17-13(11)16(7,8)9;3*1-3(2)4;/h10H,1-9H3;3*3-4H,1-2H3;/q-1;;;;. The molecular weight excluding hydrogens is 410 g/mol. The molecule has 0 fully saturated rings. The van der Waals surface area contributed by atoms with Crippen LogP contribution in [0.5, 0.6) is 0 Å². The minimum atomic E-state index is -0.167. The van der Waals surface area contributed by atoms with E-state index in [0.29, 0.717) is 0 Å². The van der Waals surface area contributed by atoms with Gasteiger partial charge in [0.1, 0.15) is 0 Å². The molecule has 0 atom stereocenters. The fraction of sp³-hybridized carbons (Fsp3) is 0.840. The van der Waals surface area contributed by atoms with Crippen molar-refractivity contribution in [1.82, 2.24) is 4.98 Å². The van der Waals surface area contributed by atoms with Gasteiger partial charge in [-0.05, 0) is 57.8 Å². The average molecular weight is 463 g/mol. The zero-order valence-corrected chi connectivity index (χ0v) is 24.2. The Hall–Kier alpha value is -0.126. The summed E-state index contributed by atoms with van der Waals surface area (Å²) in [6.45, 7) is 30.6. The summed E-state index contributed by atoms with van der Waals surface area (Å²) in [6.07, 6.45) is -0.500. The van der Waals surface area contributed by atoms with Gasteiger partial charge in [0.05, 0.1) is 0 Å². The summed E-state index contributed by atoms with van der Waals surface area (Å²) in [5.41, 5.74) is 4.28. The molecule has 180 valence electrons. The van der Waals surface area contributed by atoms with E-state index in [9.17, 15) is 0 Å². The summed E-state index contributed by atoms with van der Waals surface area (Å²) >= 11 is 0. The van der Waals surface area contributed by atoms with Gasteiger partial charge in [0.15, 0.2) is 0 Å². The summed E-state index contributed by atoms with van der Waals surface area (Å²) in [7, 11) is 0. The van der Waals surface area contributed by atoms with Gasteiger partial charge in [-0.1, -0.05) is 73.9 Å². The van der Waals surface area contributed by atoms with Crippen LogP contribution in [0.1, 0.15) is 121 Å². The second kappa shape index (κ2) is 15.6. The fourth-order valence-corrected chi connectivity index (χ4v) is 1.95. The molecule has 0 bridgehead atoms. The van der Waals surface area contributed by atoms with E-state index in [-0.39, 0.29) is 56.3 Å². The maximum absolute atomic E-state index is 8.06. The quantitative estimate of drug-likeness (QED) is 0.433. The zero-order valence-electron chi connectivity index (χ0n) is 22.6. The minimum absolute atomic E-state index is 0. The van der Waals surface area contributed by atoms with Crippen LogP contribution < -0.4 is 4.98 Å². The second-order valence-electron chi connectivity index (χ2n) is 11.4. The fourth-order valence-electron chi connectivity index (χ4n) is 1.95. The molecule has 0 amide bonds. The molecule has 1 rings (SSSR count). The molecule has 0 saturated carbocycles. The van der Waals surface area contributed by atoms with E-state index in [0.717, 1.165) is 0 Å². The molecule has 0 aliphatic heterocycles. The van der Waals surface area contributed by atoms with Crippen molar-refractivity contribution in [3.63, 3.8) is 0 Å². The summed E-state index contributed by atoms with van der Waals surface area (Å²) in [5, 5.41) is 24.2. The molecule has 3 N–H and O–H groups in total. The van der Waals surface area contributed by atoms with Crippen LogP contribution in [0.15, 0.2) is 6.07 Å². The Labute approximate surface area is 203 Å². The predicted octanol–water partition coefficient (Wildman–Crippen LogP) is 5.70. The summed E-state index contributed by atoms with van der Waals surface area (Å²) < 4.78 is 0. The molecule has 0 unspecified atom stereocenters. The Morgan fingerprint density at radius 2 is 0.867 bits per heavy atom. The monoisotopic (exact) mass is 462 g/mol. The van der Waals surface area contributed by atoms with E-state index in [2.05, 4.69) is 68.4 Å². The van der Waals surface area contributed by atoms with Crippen molar-refractivity contribution in [3.8, 4) is 0 Å². The average Bonchev–Trinajstić information content (AvgIpc) is 2.80. The number of aliphatic hydroxyl groups is 3. The molecule has 0 spiro atoms. The third-order valence-corrected chi connectivity index (χ3v) is 3.06. The molecule has 0 radical (unpaired) electrons. The molecule has 1 heterocycles. The Bertz CT molecular complexity index is 474. The molecule has 0 aliphatic rings. The Morgan fingerprint density at radius 1 is 0.600 bits per heavy atom. The smallest absolute Gasteiger partial charge is 0.0483 e. The van der Waals surface area contributed by atoms with Gasteiger partial charge in [-0.3, -0.25) is 0 Å². The first-order valence-corrected chi connectivity index (χ1v) is 10.8. The van der Waals surface area contributed by atoms with Gasteiger partial charge in [0.2, 0.25) is 0 Å². The van der Waals surface area contributed by atoms with Crippen LogP contribution in [0.25, 0.3) is 0 Å². The van der Waals surface area contributed by atoms with Crippen molar-refractivity contribution in [2.45, 2.75) is 138 Å². The number of hydrogen-bond donors (Lipinski definition) is 3. The molecule has 1 aromatic heterocycles. The molecule has 5 heteroatoms. The van der Waals surface area contributed by atoms with Crippen LogP contribution in [0.4, 0.5) is 0 Å². The Kier molecular flexibility index (Phi) is 19.4. The van der Waals surface area contributed by atoms with E-state index in [1.807, 2.05) is 0 Å². The number of aliphatic hydroxyl groups excluding tert-OH is 3. The topological polar surface area (TPSA) is 74.8 Å². The predicted molar refractivity (Wildman–Crippen MR) is 128 cm³/mol. The number of aromatic nitrogens is 1. The van der Waals surface area contributed by atoms with Crippen LogP contribution in [-0.2, 0) is 38.0 Å². The Morgan fingerprint density at radius 3 is 1.00 bits per heavy atom. The minimum Gasteiger partial charge on any atom is -0.664 e. The van der Waals surface area contributed by atoms with E-state index in [1.165, 1.54) is 17.0 Å². The summed E-state index contributed by atoms with van der Waals surface area (Å²) in [5.74, 6) is 0. The molecule has 1 aromatic rings. The van der Waals surface area contributed by atoms with Crippen molar-refractivity contribution in [1.29, 1.82) is 0 Å². The van der Waals surface area contributed by atoms with Crippen LogP contribution in [0.2, 0.25) is 0 Å². The maximum atomic E-state index is 8.06. The van der Waals surface area contributed by atoms with Gasteiger partial charge in [0, 0.05) is 40.0 Å². The van der Waals surface area contributed by atoms with E-state index >= 15 is 0 Å². The largest absolute Gasteiger partial charge is 0.664 e. The first-order chi connectivity index (χ1) is 12.5. The molecule has 0 aliphatic carbocycles. The van der Waals surface area contributed by atoms with Crippen molar-refractivity contribution in [2.75, 3.05) is 0 Å². The molecule has 30 heavy (non-hydrogen) atoms. The van der Waals surface area contributed by atoms with Crippen molar-refractivity contribution >= 4 is 0 Å². The normalized spacial score (nSPS) is 11.6. The first-order valence-electron chi connectivity index (χ1n) is 10.8. The summed E-state index contributed by atoms with van der Waals surface area (Å²) in [4.78, 5) is 4.92. The van der Waals surface area contributed by atoms with E-state index < -0.39 is 0 Å². The number of nitrogens with zero attached hydrogens (tertiary/aromatic N) is 1. The molecule has 0 aromatic carbocycles. The van der Waals surface area contributed by atoms with E-state index in [1.54, 1.807) is 41.5 Å². The van der Waals surface area contributed by atoms with Gasteiger partial charge in [-0.2, -0.15) is 11.4 Å². The van der Waals surface area contributed by atoms with E-state index in [4.69, 9.17) is 20.3 Å². The van der Waals surface area contributed by atoms with Gasteiger partial charge in [-0.15, -0.1) is 0 Å². The van der Waals surface area contributed by atoms with Gasteiger partial charge >= 0.3 is 0 Å². The zero-order chi connectivity index (χ0) is 24.4. The van der Waals surface area contributed by atoms with Crippen LogP contribution in [-0.4, -0.2) is 33.6 Å². The number of rotatable bonds is 0. The molecular formula is C25H52NO3Ti-. The Balaban J connectivity index is -0.000000215. The number of hydrogen-bond acceptors (Lipinski definition) is 3. The van der Waals surface area contributed by atoms with Crippen LogP contribution in [0, 0.1) is 0 Å². The van der Waals surface area contributed by atoms with Gasteiger partial charge in [0.25, 0.3) is 0 Å². The molecule has 0 saturated heterocycles. The van der Waals surface area contributed by atoms with Gasteiger partial charge < -0.3 is 20.3 Å². The third-order valence-electron chi connectivity index (χ3n) is 3.06. The first kappa shape index (κ1) is 37.2. The van der Waals surface area contributed by atoms with Crippen molar-refractivity contribution in [2.24, 2.45) is 0 Å². The van der Waals surface area contributed by atoms with Crippen molar-refractivity contribution in [3.05, 3.63) is 23.0 Å².